The van der Waals surface area contributed by atoms with Gasteiger partial charge in [0.05, 0.1) is 6.54 Å². The van der Waals surface area contributed by atoms with Gasteiger partial charge in [-0.25, -0.2) is 14.0 Å². The van der Waals surface area contributed by atoms with Gasteiger partial charge in [0.25, 0.3) is 0 Å². The van der Waals surface area contributed by atoms with Crippen LogP contribution in [0.5, 0.6) is 0 Å². The highest BCUT2D eigenvalue weighted by Crippen LogP contribution is 2.18. The van der Waals surface area contributed by atoms with E-state index in [0.29, 0.717) is 10.0 Å². The van der Waals surface area contributed by atoms with Crippen LogP contribution in [0.15, 0.2) is 53.0 Å². The van der Waals surface area contributed by atoms with Crippen LogP contribution in [0.2, 0.25) is 0 Å². The molecule has 1 atom stereocenters. The molecule has 0 radical (unpaired) electrons. The van der Waals surface area contributed by atoms with Crippen molar-refractivity contribution in [2.75, 3.05) is 6.54 Å². The third-order valence-electron chi connectivity index (χ3n) is 4.10. The first-order valence-electron chi connectivity index (χ1n) is 9.92. The van der Waals surface area contributed by atoms with Crippen molar-refractivity contribution in [1.29, 1.82) is 0 Å². The first-order valence-corrected chi connectivity index (χ1v) is 10.7. The summed E-state index contributed by atoms with van der Waals surface area (Å²) in [5.74, 6) is -0.442. The molecule has 0 spiro atoms. The van der Waals surface area contributed by atoms with Crippen LogP contribution in [-0.2, 0) is 22.6 Å². The van der Waals surface area contributed by atoms with Gasteiger partial charge in [0.2, 0.25) is 0 Å². The molecular weight excluding hydrogens is 467 g/mol. The van der Waals surface area contributed by atoms with E-state index in [4.69, 9.17) is 9.47 Å². The van der Waals surface area contributed by atoms with Gasteiger partial charge in [0.15, 0.2) is 0 Å². The number of hydrogen-bond acceptors (Lipinski definition) is 4. The van der Waals surface area contributed by atoms with Gasteiger partial charge in [-0.15, -0.1) is 0 Å². The Bertz CT molecular complexity index is 887. The fourth-order valence-electron chi connectivity index (χ4n) is 2.75. The summed E-state index contributed by atoms with van der Waals surface area (Å²) in [6.07, 6.45) is -1.20. The van der Waals surface area contributed by atoms with Crippen LogP contribution in [0.25, 0.3) is 0 Å². The van der Waals surface area contributed by atoms with Crippen LogP contribution in [0.3, 0.4) is 0 Å². The largest absolute Gasteiger partial charge is 0.445 e. The Balaban J connectivity index is 2.08. The van der Waals surface area contributed by atoms with Crippen molar-refractivity contribution >= 4 is 28.1 Å². The average molecular weight is 495 g/mol. The van der Waals surface area contributed by atoms with E-state index in [1.807, 2.05) is 30.3 Å². The van der Waals surface area contributed by atoms with Gasteiger partial charge < -0.3 is 19.7 Å². The highest BCUT2D eigenvalue weighted by molar-refractivity contribution is 9.10. The molecule has 0 aromatic heterocycles. The Morgan fingerprint density at radius 3 is 2.45 bits per heavy atom. The molecule has 0 saturated heterocycles. The van der Waals surface area contributed by atoms with Gasteiger partial charge in [0.1, 0.15) is 18.0 Å². The molecule has 2 rings (SSSR count). The summed E-state index contributed by atoms with van der Waals surface area (Å²) >= 11 is 3.23. The van der Waals surface area contributed by atoms with E-state index in [-0.39, 0.29) is 19.7 Å². The van der Waals surface area contributed by atoms with Gasteiger partial charge in [-0.05, 0) is 45.4 Å². The molecule has 1 unspecified atom stereocenters. The van der Waals surface area contributed by atoms with E-state index in [1.165, 1.54) is 11.0 Å². The van der Waals surface area contributed by atoms with Crippen molar-refractivity contribution in [1.82, 2.24) is 10.2 Å². The lowest BCUT2D eigenvalue weighted by Gasteiger charge is -2.27. The van der Waals surface area contributed by atoms with Gasteiger partial charge in [-0.2, -0.15) is 0 Å². The molecule has 8 heteroatoms. The average Bonchev–Trinajstić information content (AvgIpc) is 2.66. The fourth-order valence-corrected chi connectivity index (χ4v) is 3.09. The molecule has 0 heterocycles. The second kappa shape index (κ2) is 11.1. The van der Waals surface area contributed by atoms with Gasteiger partial charge in [-0.3, -0.25) is 0 Å². The molecule has 2 aromatic rings. The van der Waals surface area contributed by atoms with Crippen molar-refractivity contribution in [3.63, 3.8) is 0 Å². The SMILES string of the molecule is CC(CN(Cc1ccc(Br)cc1F)C(=O)OCc1ccccc1)NC(=O)OC(C)(C)C. The number of carbonyl (C=O) groups is 2. The molecule has 0 aliphatic rings. The van der Waals surface area contributed by atoms with Crippen LogP contribution in [-0.4, -0.2) is 35.3 Å². The van der Waals surface area contributed by atoms with E-state index in [2.05, 4.69) is 21.2 Å². The van der Waals surface area contributed by atoms with Crippen molar-refractivity contribution in [2.45, 2.75) is 52.5 Å². The van der Waals surface area contributed by atoms with E-state index < -0.39 is 29.6 Å². The number of alkyl carbamates (subject to hydrolysis) is 1. The zero-order valence-corrected chi connectivity index (χ0v) is 19.7. The maximum absolute atomic E-state index is 14.4. The molecule has 31 heavy (non-hydrogen) atoms. The van der Waals surface area contributed by atoms with Crippen LogP contribution < -0.4 is 5.32 Å². The lowest BCUT2D eigenvalue weighted by Crippen LogP contribution is -2.45. The molecule has 0 aliphatic heterocycles. The summed E-state index contributed by atoms with van der Waals surface area (Å²) in [7, 11) is 0. The molecular formula is C23H28BrFN2O4. The Kier molecular flexibility index (Phi) is 8.86. The lowest BCUT2D eigenvalue weighted by molar-refractivity contribution is 0.0483. The van der Waals surface area contributed by atoms with E-state index in [1.54, 1.807) is 39.8 Å². The summed E-state index contributed by atoms with van der Waals surface area (Å²) in [4.78, 5) is 26.2. The van der Waals surface area contributed by atoms with Gasteiger partial charge >= 0.3 is 12.2 Å². The third kappa shape index (κ3) is 8.96. The van der Waals surface area contributed by atoms with Crippen molar-refractivity contribution in [2.24, 2.45) is 0 Å². The minimum atomic E-state index is -0.640. The molecule has 168 valence electrons. The number of halogens is 2. The number of nitrogens with one attached hydrogen (secondary N) is 1. The second-order valence-electron chi connectivity index (χ2n) is 8.20. The van der Waals surface area contributed by atoms with E-state index in [0.717, 1.165) is 5.56 Å². The van der Waals surface area contributed by atoms with Gasteiger partial charge in [-0.1, -0.05) is 52.3 Å². The quantitative estimate of drug-likeness (QED) is 0.540. The minimum absolute atomic E-state index is 0.00687. The van der Waals surface area contributed by atoms with Crippen LogP contribution in [0, 0.1) is 5.82 Å². The Hall–Kier alpha value is -2.61. The topological polar surface area (TPSA) is 67.9 Å². The fraction of sp³-hybridized carbons (Fsp3) is 0.391. The second-order valence-corrected chi connectivity index (χ2v) is 9.12. The number of carbonyl (C=O) groups excluding carboxylic acids is 2. The maximum Gasteiger partial charge on any atom is 0.410 e. The first kappa shape index (κ1) is 24.7. The van der Waals surface area contributed by atoms with Crippen molar-refractivity contribution < 1.29 is 23.5 Å². The lowest BCUT2D eigenvalue weighted by atomic mass is 10.2. The summed E-state index contributed by atoms with van der Waals surface area (Å²) in [6.45, 7) is 7.23. The highest BCUT2D eigenvalue weighted by atomic mass is 79.9. The normalized spacial score (nSPS) is 12.1. The molecule has 2 aromatic carbocycles. The number of amides is 2. The zero-order chi connectivity index (χ0) is 23.0. The summed E-state index contributed by atoms with van der Waals surface area (Å²) in [5, 5.41) is 2.69. The molecule has 0 fully saturated rings. The minimum Gasteiger partial charge on any atom is -0.445 e. The molecule has 0 bridgehead atoms. The molecule has 1 N–H and O–H groups in total. The van der Waals surface area contributed by atoms with Crippen LogP contribution in [0.1, 0.15) is 38.8 Å². The number of ether oxygens (including phenoxy) is 2. The summed E-state index contributed by atoms with van der Waals surface area (Å²) in [6, 6.07) is 13.5. The smallest absolute Gasteiger partial charge is 0.410 e. The summed E-state index contributed by atoms with van der Waals surface area (Å²) in [5.41, 5.74) is 0.536. The maximum atomic E-state index is 14.4. The van der Waals surface area contributed by atoms with E-state index >= 15 is 0 Å². The summed E-state index contributed by atoms with van der Waals surface area (Å²) < 4.78 is 25.6. The molecule has 0 aliphatic carbocycles. The predicted molar refractivity (Wildman–Crippen MR) is 120 cm³/mol. The van der Waals surface area contributed by atoms with E-state index in [9.17, 15) is 14.0 Å². The van der Waals surface area contributed by atoms with Crippen LogP contribution in [0.4, 0.5) is 14.0 Å². The van der Waals surface area contributed by atoms with Gasteiger partial charge in [0, 0.05) is 22.6 Å². The van der Waals surface area contributed by atoms with Crippen LogP contribution >= 0.6 is 15.9 Å². The zero-order valence-electron chi connectivity index (χ0n) is 18.2. The Morgan fingerprint density at radius 2 is 1.84 bits per heavy atom. The van der Waals surface area contributed by atoms with Crippen molar-refractivity contribution in [3.05, 3.63) is 69.9 Å². The van der Waals surface area contributed by atoms with Crippen molar-refractivity contribution in [3.8, 4) is 0 Å². The first-order chi connectivity index (χ1) is 14.5. The molecule has 0 saturated carbocycles. The number of hydrogen-bond donors (Lipinski definition) is 1. The number of rotatable bonds is 7. The Labute approximate surface area is 190 Å². The number of nitrogens with zero attached hydrogens (tertiary/aromatic N) is 1. The Morgan fingerprint density at radius 1 is 1.16 bits per heavy atom. The predicted octanol–water partition coefficient (Wildman–Crippen LogP) is 5.64. The molecule has 2 amide bonds. The standard InChI is InChI=1S/C23H28BrFN2O4/c1-16(26-21(28)31-23(2,3)4)13-27(14-18-10-11-19(24)12-20(18)25)22(29)30-15-17-8-6-5-7-9-17/h5-12,16H,13-15H2,1-4H3,(H,26,28). The monoisotopic (exact) mass is 494 g/mol. The molecule has 6 nitrogen and oxygen atoms in total. The third-order valence-corrected chi connectivity index (χ3v) is 4.59. The highest BCUT2D eigenvalue weighted by Gasteiger charge is 2.23. The number of benzene rings is 2.